The second kappa shape index (κ2) is 5.91. The first-order valence-corrected chi connectivity index (χ1v) is 7.13. The summed E-state index contributed by atoms with van der Waals surface area (Å²) < 4.78 is 18.8. The first-order valence-electron chi connectivity index (χ1n) is 7.13. The van der Waals surface area contributed by atoms with E-state index in [2.05, 4.69) is 27.0 Å². The van der Waals surface area contributed by atoms with Crippen molar-refractivity contribution in [3.8, 4) is 0 Å². The van der Waals surface area contributed by atoms with E-state index in [0.717, 1.165) is 24.5 Å². The highest BCUT2D eigenvalue weighted by atomic mass is 19.1. The average Bonchev–Trinajstić information content (AvgIpc) is 2.94. The molecule has 21 heavy (non-hydrogen) atoms. The Kier molecular flexibility index (Phi) is 3.98. The number of H-pyrrole nitrogens is 1. The molecule has 1 aliphatic heterocycles. The van der Waals surface area contributed by atoms with E-state index in [-0.39, 0.29) is 18.0 Å². The van der Waals surface area contributed by atoms with Crippen molar-refractivity contribution in [2.45, 2.75) is 26.0 Å². The van der Waals surface area contributed by atoms with E-state index >= 15 is 0 Å². The number of aromatic nitrogens is 3. The Morgan fingerprint density at radius 1 is 1.38 bits per heavy atom. The molecule has 6 heteroatoms. The second-order valence-electron chi connectivity index (χ2n) is 5.36. The van der Waals surface area contributed by atoms with Gasteiger partial charge >= 0.3 is 0 Å². The van der Waals surface area contributed by atoms with E-state index in [1.54, 1.807) is 0 Å². The van der Waals surface area contributed by atoms with Crippen molar-refractivity contribution in [3.63, 3.8) is 0 Å². The zero-order valence-electron chi connectivity index (χ0n) is 12.2. The number of rotatable bonds is 3. The van der Waals surface area contributed by atoms with Gasteiger partial charge in [-0.3, -0.25) is 10.00 Å². The lowest BCUT2D eigenvalue weighted by atomic mass is 10.1. The molecule has 1 aromatic heterocycles. The van der Waals surface area contributed by atoms with Crippen molar-refractivity contribution in [2.75, 3.05) is 19.7 Å². The van der Waals surface area contributed by atoms with Gasteiger partial charge in [0.1, 0.15) is 17.7 Å². The quantitative estimate of drug-likeness (QED) is 0.943. The van der Waals surface area contributed by atoms with Crippen LogP contribution in [0.25, 0.3) is 0 Å². The number of benzene rings is 1. The lowest BCUT2D eigenvalue weighted by Gasteiger charge is -2.36. The summed E-state index contributed by atoms with van der Waals surface area (Å²) in [5.74, 6) is 1.28. The van der Waals surface area contributed by atoms with Gasteiger partial charge in [-0.1, -0.05) is 12.1 Å². The molecule has 2 aromatic rings. The van der Waals surface area contributed by atoms with Gasteiger partial charge in [0.25, 0.3) is 0 Å². The van der Waals surface area contributed by atoms with Crippen LogP contribution in [0.1, 0.15) is 36.3 Å². The van der Waals surface area contributed by atoms with Gasteiger partial charge in [-0.2, -0.15) is 5.10 Å². The SMILES string of the molecule is Cc1nc([C@@H]2CN([C@H](C)c3ccc(F)cc3)CCO2)n[nH]1. The number of aryl methyl sites for hydroxylation is 1. The monoisotopic (exact) mass is 290 g/mol. The molecule has 0 saturated carbocycles. The number of hydrogen-bond acceptors (Lipinski definition) is 4. The van der Waals surface area contributed by atoms with Crippen molar-refractivity contribution in [1.29, 1.82) is 0 Å². The Morgan fingerprint density at radius 2 is 2.14 bits per heavy atom. The Bertz CT molecular complexity index is 598. The first-order chi connectivity index (χ1) is 10.1. The molecule has 2 heterocycles. The standard InChI is InChI=1S/C15H19FN4O/c1-10(12-3-5-13(16)6-4-12)20-7-8-21-14(9-20)15-17-11(2)18-19-15/h3-6,10,14H,7-9H2,1-2H3,(H,17,18,19)/t10-,14+/m1/s1. The molecule has 1 fully saturated rings. The summed E-state index contributed by atoms with van der Waals surface area (Å²) in [6, 6.07) is 6.88. The lowest BCUT2D eigenvalue weighted by Crippen LogP contribution is -2.40. The maximum Gasteiger partial charge on any atom is 0.180 e. The molecule has 0 radical (unpaired) electrons. The van der Waals surface area contributed by atoms with Gasteiger partial charge < -0.3 is 4.74 Å². The third-order valence-corrected chi connectivity index (χ3v) is 3.90. The van der Waals surface area contributed by atoms with Gasteiger partial charge in [0.2, 0.25) is 0 Å². The van der Waals surface area contributed by atoms with Crippen LogP contribution in [0, 0.1) is 12.7 Å². The van der Waals surface area contributed by atoms with Crippen molar-refractivity contribution >= 4 is 0 Å². The summed E-state index contributed by atoms with van der Waals surface area (Å²) >= 11 is 0. The highest BCUT2D eigenvalue weighted by molar-refractivity contribution is 5.19. The fraction of sp³-hybridized carbons (Fsp3) is 0.467. The molecule has 2 atom stereocenters. The Balaban J connectivity index is 1.72. The number of ether oxygens (including phenoxy) is 1. The molecular weight excluding hydrogens is 271 g/mol. The van der Waals surface area contributed by atoms with Crippen molar-refractivity contribution in [3.05, 3.63) is 47.3 Å². The maximum atomic E-state index is 13.0. The summed E-state index contributed by atoms with van der Waals surface area (Å²) in [6.07, 6.45) is -0.119. The number of nitrogens with one attached hydrogen (secondary N) is 1. The summed E-state index contributed by atoms with van der Waals surface area (Å²) in [4.78, 5) is 6.66. The number of morpholine rings is 1. The molecule has 1 N–H and O–H groups in total. The smallest absolute Gasteiger partial charge is 0.180 e. The molecule has 3 rings (SSSR count). The Labute approximate surface area is 123 Å². The minimum Gasteiger partial charge on any atom is -0.367 e. The van der Waals surface area contributed by atoms with E-state index in [1.165, 1.54) is 12.1 Å². The molecule has 0 bridgehead atoms. The van der Waals surface area contributed by atoms with Crippen LogP contribution in [-0.2, 0) is 4.74 Å². The minimum atomic E-state index is -0.206. The number of hydrogen-bond donors (Lipinski definition) is 1. The third kappa shape index (κ3) is 3.11. The third-order valence-electron chi connectivity index (χ3n) is 3.90. The van der Waals surface area contributed by atoms with Crippen LogP contribution in [0.2, 0.25) is 0 Å². The van der Waals surface area contributed by atoms with Gasteiger partial charge in [0.15, 0.2) is 5.82 Å². The molecule has 1 aliphatic rings. The van der Waals surface area contributed by atoms with Crippen molar-refractivity contribution < 1.29 is 9.13 Å². The predicted octanol–water partition coefficient (Wildman–Crippen LogP) is 2.39. The topological polar surface area (TPSA) is 54.0 Å². The number of nitrogens with zero attached hydrogens (tertiary/aromatic N) is 3. The molecule has 1 saturated heterocycles. The van der Waals surface area contributed by atoms with Gasteiger partial charge in [0.05, 0.1) is 6.61 Å². The molecule has 1 aromatic carbocycles. The first kappa shape index (κ1) is 14.2. The number of aromatic amines is 1. The summed E-state index contributed by atoms with van der Waals surface area (Å²) in [6.45, 7) is 6.22. The molecule has 0 spiro atoms. The van der Waals surface area contributed by atoms with E-state index in [4.69, 9.17) is 4.74 Å². The molecule has 0 unspecified atom stereocenters. The van der Waals surface area contributed by atoms with Gasteiger partial charge in [0, 0.05) is 19.1 Å². The molecular formula is C15H19FN4O. The van der Waals surface area contributed by atoms with Crippen LogP contribution in [0.5, 0.6) is 0 Å². The van der Waals surface area contributed by atoms with E-state index in [1.807, 2.05) is 19.1 Å². The zero-order chi connectivity index (χ0) is 14.8. The molecule has 5 nitrogen and oxygen atoms in total. The molecule has 0 aliphatic carbocycles. The molecule has 0 amide bonds. The fourth-order valence-corrected chi connectivity index (χ4v) is 2.63. The Morgan fingerprint density at radius 3 is 2.81 bits per heavy atom. The van der Waals surface area contributed by atoms with Crippen LogP contribution < -0.4 is 0 Å². The lowest BCUT2D eigenvalue weighted by molar-refractivity contribution is -0.0470. The van der Waals surface area contributed by atoms with Crippen LogP contribution in [-0.4, -0.2) is 39.8 Å². The van der Waals surface area contributed by atoms with Gasteiger partial charge in [-0.25, -0.2) is 9.37 Å². The van der Waals surface area contributed by atoms with Crippen LogP contribution >= 0.6 is 0 Å². The highest BCUT2D eigenvalue weighted by Crippen LogP contribution is 2.27. The second-order valence-corrected chi connectivity index (χ2v) is 5.36. The minimum absolute atomic E-state index is 0.119. The zero-order valence-corrected chi connectivity index (χ0v) is 12.2. The number of halogens is 1. The van der Waals surface area contributed by atoms with Gasteiger partial charge in [-0.15, -0.1) is 0 Å². The predicted molar refractivity (Wildman–Crippen MR) is 76.2 cm³/mol. The maximum absolute atomic E-state index is 13.0. The van der Waals surface area contributed by atoms with Crippen LogP contribution in [0.15, 0.2) is 24.3 Å². The average molecular weight is 290 g/mol. The van der Waals surface area contributed by atoms with Crippen molar-refractivity contribution in [2.24, 2.45) is 0 Å². The van der Waals surface area contributed by atoms with E-state index in [9.17, 15) is 4.39 Å². The fourth-order valence-electron chi connectivity index (χ4n) is 2.63. The normalized spacial score (nSPS) is 21.4. The summed E-state index contributed by atoms with van der Waals surface area (Å²) in [5, 5.41) is 7.03. The van der Waals surface area contributed by atoms with E-state index < -0.39 is 0 Å². The molecule has 112 valence electrons. The van der Waals surface area contributed by atoms with Crippen LogP contribution in [0.4, 0.5) is 4.39 Å². The van der Waals surface area contributed by atoms with Crippen molar-refractivity contribution in [1.82, 2.24) is 20.1 Å². The summed E-state index contributed by atoms with van der Waals surface area (Å²) in [5.41, 5.74) is 1.10. The summed E-state index contributed by atoms with van der Waals surface area (Å²) in [7, 11) is 0. The van der Waals surface area contributed by atoms with Gasteiger partial charge in [-0.05, 0) is 31.5 Å². The van der Waals surface area contributed by atoms with E-state index in [0.29, 0.717) is 12.4 Å². The largest absolute Gasteiger partial charge is 0.367 e. The van der Waals surface area contributed by atoms with Crippen LogP contribution in [0.3, 0.4) is 0 Å². The Hall–Kier alpha value is -1.79. The highest BCUT2D eigenvalue weighted by Gasteiger charge is 2.28.